The largest absolute Gasteiger partial charge is 0.383 e. The molecule has 0 radical (unpaired) electrons. The first-order valence-corrected chi connectivity index (χ1v) is 8.63. The quantitative estimate of drug-likeness (QED) is 0.647. The van der Waals surface area contributed by atoms with E-state index in [9.17, 15) is 9.59 Å². The molecule has 0 aromatic carbocycles. The van der Waals surface area contributed by atoms with Crippen molar-refractivity contribution in [3.05, 3.63) is 38.3 Å². The van der Waals surface area contributed by atoms with Crippen LogP contribution in [0, 0.1) is 13.8 Å². The molecule has 0 amide bonds. The highest BCUT2D eigenvalue weighted by atomic mass is 16.5. The van der Waals surface area contributed by atoms with Gasteiger partial charge in [-0.15, -0.1) is 0 Å². The van der Waals surface area contributed by atoms with E-state index < -0.39 is 5.69 Å². The van der Waals surface area contributed by atoms with Gasteiger partial charge < -0.3 is 9.30 Å². The summed E-state index contributed by atoms with van der Waals surface area (Å²) < 4.78 is 11.2. The summed E-state index contributed by atoms with van der Waals surface area (Å²) in [5.41, 5.74) is 1.80. The van der Waals surface area contributed by atoms with Crippen LogP contribution in [0.1, 0.15) is 24.7 Å². The number of ether oxygens (including phenoxy) is 1. The third kappa shape index (κ3) is 2.78. The second-order valence-corrected chi connectivity index (χ2v) is 6.37. The van der Waals surface area contributed by atoms with E-state index in [-0.39, 0.29) is 18.7 Å². The van der Waals surface area contributed by atoms with Crippen LogP contribution in [0.5, 0.6) is 0 Å². The molecule has 0 aliphatic heterocycles. The molecule has 0 unspecified atom stereocenters. The maximum atomic E-state index is 13.0. The van der Waals surface area contributed by atoms with Gasteiger partial charge in [0.15, 0.2) is 11.2 Å². The second kappa shape index (κ2) is 6.91. The zero-order valence-corrected chi connectivity index (χ0v) is 15.8. The van der Waals surface area contributed by atoms with E-state index >= 15 is 0 Å². The molecule has 9 nitrogen and oxygen atoms in total. The normalized spacial score (nSPS) is 11.6. The van der Waals surface area contributed by atoms with Crippen molar-refractivity contribution in [2.45, 2.75) is 40.3 Å². The van der Waals surface area contributed by atoms with Crippen molar-refractivity contribution >= 4 is 11.2 Å². The number of fused-ring (bicyclic) bond motifs is 1. The Morgan fingerprint density at radius 3 is 2.46 bits per heavy atom. The van der Waals surface area contributed by atoms with E-state index in [0.717, 1.165) is 17.8 Å². The smallest absolute Gasteiger partial charge is 0.332 e. The summed E-state index contributed by atoms with van der Waals surface area (Å²) in [5.74, 6) is 0.545. The maximum Gasteiger partial charge on any atom is 0.332 e. The maximum absolute atomic E-state index is 13.0. The van der Waals surface area contributed by atoms with Crippen LogP contribution in [-0.2, 0) is 24.9 Å². The van der Waals surface area contributed by atoms with Gasteiger partial charge in [0.25, 0.3) is 5.56 Å². The Hall–Kier alpha value is -2.68. The van der Waals surface area contributed by atoms with Crippen LogP contribution >= 0.6 is 0 Å². The standard InChI is InChI=1S/C17H24N6O3/c1-6-7-21-13-14(18-16(21)23-12(3)10-11(2)19-23)20(4)17(25)22(15(13)24)8-9-26-5/h10H,6-9H2,1-5H3. The average Bonchev–Trinajstić information content (AvgIpc) is 3.13. The molecule has 9 heteroatoms. The van der Waals surface area contributed by atoms with Crippen LogP contribution in [0.3, 0.4) is 0 Å². The highest BCUT2D eigenvalue weighted by Crippen LogP contribution is 2.17. The van der Waals surface area contributed by atoms with Gasteiger partial charge in [0.05, 0.1) is 18.8 Å². The number of methoxy groups -OCH3 is 1. The summed E-state index contributed by atoms with van der Waals surface area (Å²) >= 11 is 0. The Morgan fingerprint density at radius 1 is 1.15 bits per heavy atom. The topological polar surface area (TPSA) is 88.9 Å². The van der Waals surface area contributed by atoms with E-state index in [4.69, 9.17) is 4.74 Å². The summed E-state index contributed by atoms with van der Waals surface area (Å²) in [7, 11) is 3.16. The first-order valence-electron chi connectivity index (χ1n) is 8.63. The number of hydrogen-bond donors (Lipinski definition) is 0. The summed E-state index contributed by atoms with van der Waals surface area (Å²) in [5, 5.41) is 4.49. The molecule has 0 saturated heterocycles. The van der Waals surface area contributed by atoms with Crippen molar-refractivity contribution in [3.63, 3.8) is 0 Å². The van der Waals surface area contributed by atoms with Crippen molar-refractivity contribution in [2.75, 3.05) is 13.7 Å². The summed E-state index contributed by atoms with van der Waals surface area (Å²) in [6.07, 6.45) is 0.818. The molecular weight excluding hydrogens is 336 g/mol. The SMILES string of the molecule is CCCn1c(-n2nc(C)cc2C)nc2c1c(=O)n(CCOC)c(=O)n2C. The molecule has 0 bridgehead atoms. The molecule has 0 saturated carbocycles. The van der Waals surface area contributed by atoms with Gasteiger partial charge in [-0.2, -0.15) is 10.1 Å². The molecule has 3 rings (SSSR count). The minimum Gasteiger partial charge on any atom is -0.383 e. The Kier molecular flexibility index (Phi) is 4.82. The lowest BCUT2D eigenvalue weighted by molar-refractivity contribution is 0.184. The zero-order valence-electron chi connectivity index (χ0n) is 15.8. The number of imidazole rings is 1. The summed E-state index contributed by atoms with van der Waals surface area (Å²) in [6, 6.07) is 1.95. The van der Waals surface area contributed by atoms with Gasteiger partial charge in [0.2, 0.25) is 5.95 Å². The Morgan fingerprint density at radius 2 is 1.88 bits per heavy atom. The van der Waals surface area contributed by atoms with Crippen molar-refractivity contribution in [3.8, 4) is 5.95 Å². The average molecular weight is 360 g/mol. The highest BCUT2D eigenvalue weighted by molar-refractivity contribution is 5.72. The monoisotopic (exact) mass is 360 g/mol. The van der Waals surface area contributed by atoms with Gasteiger partial charge in [-0.05, 0) is 26.3 Å². The van der Waals surface area contributed by atoms with Crippen LogP contribution in [-0.4, -0.2) is 42.2 Å². The van der Waals surface area contributed by atoms with Crippen LogP contribution in [0.2, 0.25) is 0 Å². The fraction of sp³-hybridized carbons (Fsp3) is 0.529. The fourth-order valence-electron chi connectivity index (χ4n) is 3.17. The molecular formula is C17H24N6O3. The molecule has 140 valence electrons. The van der Waals surface area contributed by atoms with Crippen LogP contribution in [0.4, 0.5) is 0 Å². The molecule has 0 spiro atoms. The van der Waals surface area contributed by atoms with Crippen molar-refractivity contribution in [2.24, 2.45) is 7.05 Å². The third-order valence-electron chi connectivity index (χ3n) is 4.38. The number of nitrogens with zero attached hydrogens (tertiary/aromatic N) is 6. The van der Waals surface area contributed by atoms with Gasteiger partial charge in [-0.3, -0.25) is 13.9 Å². The molecule has 26 heavy (non-hydrogen) atoms. The van der Waals surface area contributed by atoms with Gasteiger partial charge in [0, 0.05) is 26.4 Å². The van der Waals surface area contributed by atoms with Crippen LogP contribution in [0.25, 0.3) is 17.1 Å². The number of hydrogen-bond acceptors (Lipinski definition) is 5. The Bertz CT molecular complexity index is 1070. The molecule has 0 fully saturated rings. The first kappa shape index (κ1) is 18.1. The summed E-state index contributed by atoms with van der Waals surface area (Å²) in [4.78, 5) is 30.2. The van der Waals surface area contributed by atoms with E-state index in [1.165, 1.54) is 16.2 Å². The van der Waals surface area contributed by atoms with Gasteiger partial charge in [-0.1, -0.05) is 6.92 Å². The van der Waals surface area contributed by atoms with E-state index in [2.05, 4.69) is 10.1 Å². The van der Waals surface area contributed by atoms with E-state index in [1.807, 2.05) is 31.4 Å². The summed E-state index contributed by atoms with van der Waals surface area (Å²) in [6.45, 7) is 6.96. The van der Waals surface area contributed by atoms with E-state index in [0.29, 0.717) is 23.7 Å². The number of aromatic nitrogens is 6. The Balaban J connectivity index is 2.39. The zero-order chi connectivity index (χ0) is 19.0. The highest BCUT2D eigenvalue weighted by Gasteiger charge is 2.22. The molecule has 0 atom stereocenters. The fourth-order valence-corrected chi connectivity index (χ4v) is 3.17. The van der Waals surface area contributed by atoms with Gasteiger partial charge in [0.1, 0.15) is 0 Å². The van der Waals surface area contributed by atoms with Gasteiger partial charge >= 0.3 is 5.69 Å². The molecule has 0 aliphatic carbocycles. The molecule has 3 aromatic rings. The van der Waals surface area contributed by atoms with Crippen molar-refractivity contribution in [1.29, 1.82) is 0 Å². The molecule has 3 heterocycles. The predicted molar refractivity (Wildman–Crippen MR) is 98.0 cm³/mol. The minimum absolute atomic E-state index is 0.199. The minimum atomic E-state index is -0.402. The van der Waals surface area contributed by atoms with Crippen molar-refractivity contribution < 1.29 is 4.74 Å². The molecule has 3 aromatic heterocycles. The number of rotatable bonds is 6. The molecule has 0 N–H and O–H groups in total. The van der Waals surface area contributed by atoms with Gasteiger partial charge in [-0.25, -0.2) is 9.48 Å². The first-order chi connectivity index (χ1) is 12.4. The number of aryl methyl sites for hydroxylation is 4. The van der Waals surface area contributed by atoms with Crippen LogP contribution in [0.15, 0.2) is 15.7 Å². The second-order valence-electron chi connectivity index (χ2n) is 6.37. The molecule has 0 aliphatic rings. The predicted octanol–water partition coefficient (Wildman–Crippen LogP) is 0.756. The van der Waals surface area contributed by atoms with Crippen molar-refractivity contribution in [1.82, 2.24) is 28.5 Å². The Labute approximate surface area is 150 Å². The van der Waals surface area contributed by atoms with Crippen LogP contribution < -0.4 is 11.2 Å². The third-order valence-corrected chi connectivity index (χ3v) is 4.38. The van der Waals surface area contributed by atoms with E-state index in [1.54, 1.807) is 11.7 Å². The lowest BCUT2D eigenvalue weighted by atomic mass is 10.4. The lowest BCUT2D eigenvalue weighted by Gasteiger charge is -2.10. The lowest BCUT2D eigenvalue weighted by Crippen LogP contribution is -2.40.